The first-order valence-corrected chi connectivity index (χ1v) is 7.51. The third-order valence-corrected chi connectivity index (χ3v) is 3.84. The normalized spacial score (nSPS) is 14.0. The largest absolute Gasteiger partial charge is 0.324 e. The van der Waals surface area contributed by atoms with Gasteiger partial charge in [0.2, 0.25) is 5.91 Å². The highest BCUT2D eigenvalue weighted by molar-refractivity contribution is 9.10. The Bertz CT molecular complexity index is 637. The van der Waals surface area contributed by atoms with Gasteiger partial charge in [0.25, 0.3) is 0 Å². The van der Waals surface area contributed by atoms with E-state index in [1.807, 2.05) is 43.3 Å². The van der Waals surface area contributed by atoms with Crippen LogP contribution in [0, 0.1) is 0 Å². The van der Waals surface area contributed by atoms with Crippen LogP contribution in [0.2, 0.25) is 0 Å². The van der Waals surface area contributed by atoms with E-state index in [9.17, 15) is 4.79 Å². The molecule has 0 aliphatic carbocycles. The Hall–Kier alpha value is -1.39. The van der Waals surface area contributed by atoms with Crippen molar-refractivity contribution in [1.29, 1.82) is 0 Å². The molecule has 20 heavy (non-hydrogen) atoms. The Morgan fingerprint density at radius 3 is 2.60 bits per heavy atom. The van der Waals surface area contributed by atoms with Gasteiger partial charge in [-0.1, -0.05) is 41.4 Å². The second kappa shape index (κ2) is 5.94. The average Bonchev–Trinajstić information content (AvgIpc) is 2.39. The summed E-state index contributed by atoms with van der Waals surface area (Å²) in [5.74, 6) is -0.143. The van der Waals surface area contributed by atoms with Gasteiger partial charge in [-0.2, -0.15) is 0 Å². The van der Waals surface area contributed by atoms with E-state index < -0.39 is 5.54 Å². The number of hydrogen-bond acceptors (Lipinski definition) is 2. The van der Waals surface area contributed by atoms with Crippen LogP contribution in [-0.4, -0.2) is 11.4 Å². The first kappa shape index (κ1) is 15.0. The van der Waals surface area contributed by atoms with E-state index in [0.717, 1.165) is 27.4 Å². The third kappa shape index (κ3) is 3.38. The van der Waals surface area contributed by atoms with Gasteiger partial charge in [0.1, 0.15) is 0 Å². The minimum atomic E-state index is -0.830. The lowest BCUT2D eigenvalue weighted by molar-refractivity contribution is -0.120. The molecule has 2 aromatic carbocycles. The fourth-order valence-electron chi connectivity index (χ4n) is 2.20. The topological polar surface area (TPSA) is 55.1 Å². The summed E-state index contributed by atoms with van der Waals surface area (Å²) in [6, 6.07) is 11.9. The molecule has 0 aromatic heterocycles. The van der Waals surface area contributed by atoms with Crippen LogP contribution in [0.15, 0.2) is 40.9 Å². The van der Waals surface area contributed by atoms with Gasteiger partial charge in [-0.3, -0.25) is 4.79 Å². The second-order valence-electron chi connectivity index (χ2n) is 5.33. The summed E-state index contributed by atoms with van der Waals surface area (Å²) in [4.78, 5) is 12.2. The van der Waals surface area contributed by atoms with Crippen LogP contribution in [0.1, 0.15) is 26.7 Å². The lowest BCUT2D eigenvalue weighted by atomic mass is 9.96. The molecule has 0 heterocycles. The van der Waals surface area contributed by atoms with Gasteiger partial charge in [0.05, 0.1) is 5.54 Å². The summed E-state index contributed by atoms with van der Waals surface area (Å²) in [6.07, 6.45) is 1.55. The van der Waals surface area contributed by atoms with Gasteiger partial charge in [-0.05, 0) is 48.4 Å². The summed E-state index contributed by atoms with van der Waals surface area (Å²) < 4.78 is 1.04. The van der Waals surface area contributed by atoms with Crippen molar-refractivity contribution in [3.8, 4) is 0 Å². The maximum Gasteiger partial charge on any atom is 0.244 e. The van der Waals surface area contributed by atoms with Crippen LogP contribution in [0.25, 0.3) is 10.8 Å². The highest BCUT2D eigenvalue weighted by Crippen LogP contribution is 2.23. The molecule has 0 bridgehead atoms. The Morgan fingerprint density at radius 1 is 1.25 bits per heavy atom. The van der Waals surface area contributed by atoms with E-state index in [2.05, 4.69) is 21.2 Å². The molecule has 4 heteroatoms. The van der Waals surface area contributed by atoms with Crippen LogP contribution in [-0.2, 0) is 4.79 Å². The van der Waals surface area contributed by atoms with Gasteiger partial charge < -0.3 is 11.1 Å². The number of anilines is 1. The minimum Gasteiger partial charge on any atom is -0.324 e. The predicted molar refractivity (Wildman–Crippen MR) is 87.8 cm³/mol. The second-order valence-corrected chi connectivity index (χ2v) is 6.24. The zero-order valence-corrected chi connectivity index (χ0v) is 13.3. The molecule has 0 fully saturated rings. The van der Waals surface area contributed by atoms with Crippen LogP contribution >= 0.6 is 15.9 Å². The fraction of sp³-hybridized carbons (Fsp3) is 0.312. The molecule has 2 aromatic rings. The highest BCUT2D eigenvalue weighted by Gasteiger charge is 2.27. The summed E-state index contributed by atoms with van der Waals surface area (Å²) in [6.45, 7) is 3.79. The van der Waals surface area contributed by atoms with Crippen molar-refractivity contribution in [1.82, 2.24) is 0 Å². The van der Waals surface area contributed by atoms with Crippen molar-refractivity contribution >= 4 is 38.3 Å². The quantitative estimate of drug-likeness (QED) is 0.885. The molecular formula is C16H19BrN2O. The first-order valence-electron chi connectivity index (χ1n) is 6.72. The number of fused-ring (bicyclic) bond motifs is 1. The monoisotopic (exact) mass is 334 g/mol. The summed E-state index contributed by atoms with van der Waals surface area (Å²) in [5, 5.41) is 5.11. The lowest BCUT2D eigenvalue weighted by Crippen LogP contribution is -2.48. The minimum absolute atomic E-state index is 0.143. The number of rotatable bonds is 4. The maximum absolute atomic E-state index is 12.2. The van der Waals surface area contributed by atoms with Crippen molar-refractivity contribution in [2.75, 3.05) is 5.32 Å². The van der Waals surface area contributed by atoms with Crippen molar-refractivity contribution in [3.05, 3.63) is 40.9 Å². The summed E-state index contributed by atoms with van der Waals surface area (Å²) in [5.41, 5.74) is 5.98. The standard InChI is InChI=1S/C16H19BrN2O/c1-3-8-16(2,18)15(20)19-14-7-5-11-9-13(17)6-4-12(11)10-14/h4-7,9-10H,3,8,18H2,1-2H3,(H,19,20). The van der Waals surface area contributed by atoms with E-state index in [1.165, 1.54) is 0 Å². The number of hydrogen-bond donors (Lipinski definition) is 2. The number of carbonyl (C=O) groups excluding carboxylic acids is 1. The molecular weight excluding hydrogens is 316 g/mol. The van der Waals surface area contributed by atoms with Gasteiger partial charge >= 0.3 is 0 Å². The molecule has 0 saturated heterocycles. The molecule has 2 rings (SSSR count). The smallest absolute Gasteiger partial charge is 0.244 e. The zero-order chi connectivity index (χ0) is 14.8. The summed E-state index contributed by atoms with van der Waals surface area (Å²) in [7, 11) is 0. The van der Waals surface area contributed by atoms with Crippen LogP contribution in [0.4, 0.5) is 5.69 Å². The molecule has 3 N–H and O–H groups in total. The highest BCUT2D eigenvalue weighted by atomic mass is 79.9. The SMILES string of the molecule is CCCC(C)(N)C(=O)Nc1ccc2cc(Br)ccc2c1. The fourth-order valence-corrected chi connectivity index (χ4v) is 2.58. The molecule has 0 aliphatic heterocycles. The predicted octanol–water partition coefficient (Wildman–Crippen LogP) is 4.06. The maximum atomic E-state index is 12.2. The Labute approximate surface area is 127 Å². The molecule has 0 spiro atoms. The molecule has 1 amide bonds. The van der Waals surface area contributed by atoms with E-state index in [1.54, 1.807) is 6.92 Å². The van der Waals surface area contributed by atoms with Crippen molar-refractivity contribution in [3.63, 3.8) is 0 Å². The van der Waals surface area contributed by atoms with Crippen molar-refractivity contribution in [2.24, 2.45) is 5.73 Å². The van der Waals surface area contributed by atoms with E-state index >= 15 is 0 Å². The Balaban J connectivity index is 2.22. The zero-order valence-electron chi connectivity index (χ0n) is 11.7. The average molecular weight is 335 g/mol. The van der Waals surface area contributed by atoms with Crippen molar-refractivity contribution < 1.29 is 4.79 Å². The molecule has 3 nitrogen and oxygen atoms in total. The number of nitrogens with one attached hydrogen (secondary N) is 1. The van der Waals surface area contributed by atoms with Crippen LogP contribution in [0.5, 0.6) is 0 Å². The number of amides is 1. The van der Waals surface area contributed by atoms with Gasteiger partial charge in [0, 0.05) is 10.2 Å². The number of nitrogens with two attached hydrogens (primary N) is 1. The van der Waals surface area contributed by atoms with Gasteiger partial charge in [-0.15, -0.1) is 0 Å². The molecule has 0 aliphatic rings. The molecule has 1 atom stereocenters. The number of halogens is 1. The van der Waals surface area contributed by atoms with E-state index in [-0.39, 0.29) is 5.91 Å². The third-order valence-electron chi connectivity index (χ3n) is 3.35. The molecule has 106 valence electrons. The lowest BCUT2D eigenvalue weighted by Gasteiger charge is -2.22. The molecule has 0 radical (unpaired) electrons. The summed E-state index contributed by atoms with van der Waals surface area (Å²) >= 11 is 3.45. The van der Waals surface area contributed by atoms with Gasteiger partial charge in [-0.25, -0.2) is 0 Å². The van der Waals surface area contributed by atoms with Gasteiger partial charge in [0.15, 0.2) is 0 Å². The van der Waals surface area contributed by atoms with E-state index in [4.69, 9.17) is 5.73 Å². The molecule has 1 unspecified atom stereocenters. The Morgan fingerprint density at radius 2 is 1.90 bits per heavy atom. The molecule has 0 saturated carbocycles. The van der Waals surface area contributed by atoms with Crippen LogP contribution < -0.4 is 11.1 Å². The number of carbonyl (C=O) groups is 1. The first-order chi connectivity index (χ1) is 9.42. The Kier molecular flexibility index (Phi) is 4.45. The van der Waals surface area contributed by atoms with Crippen molar-refractivity contribution in [2.45, 2.75) is 32.2 Å². The number of benzene rings is 2. The van der Waals surface area contributed by atoms with Crippen LogP contribution in [0.3, 0.4) is 0 Å². The van der Waals surface area contributed by atoms with E-state index in [0.29, 0.717) is 6.42 Å².